The number of hydrogen-bond donors (Lipinski definition) is 1. The van der Waals surface area contributed by atoms with E-state index in [2.05, 4.69) is 74.6 Å². The van der Waals surface area contributed by atoms with Crippen molar-refractivity contribution in [2.75, 3.05) is 47.5 Å². The zero-order valence-electron chi connectivity index (χ0n) is 50.5. The van der Waals surface area contributed by atoms with E-state index in [-0.39, 0.29) is 32.0 Å². The van der Waals surface area contributed by atoms with Gasteiger partial charge in [0.1, 0.15) is 19.8 Å². The van der Waals surface area contributed by atoms with Crippen molar-refractivity contribution in [2.24, 2.45) is 0 Å². The maximum atomic E-state index is 12.8. The minimum atomic E-state index is -4.39. The SMILES string of the molecule is CCCCC/C=C\C/C=C\CCCCCCCCCCCC(=O)OCC(COP(=O)(O)OCC[N+](C)(C)C)OC(=O)CCCCCCCCCCCCCCCCCCCC/C=C\C/C=C\C/C=C\CCCCCCC. The van der Waals surface area contributed by atoms with Gasteiger partial charge in [-0.15, -0.1) is 0 Å². The van der Waals surface area contributed by atoms with Gasteiger partial charge in [-0.1, -0.05) is 261 Å². The second kappa shape index (κ2) is 57.4. The summed E-state index contributed by atoms with van der Waals surface area (Å²) in [4.78, 5) is 35.8. The molecule has 9 nitrogen and oxygen atoms in total. The standard InChI is InChI=1S/C66H122NO8P/c1-6-8-10-12-14-16-18-20-22-24-26-27-28-29-30-31-32-33-34-35-36-37-38-39-41-43-45-47-49-51-53-55-57-59-66(69)75-64(63-74-76(70,71)73-61-60-67(3,4)5)62-72-65(68)58-56-54-52-50-48-46-44-42-40-25-23-21-19-17-15-13-11-9-7-2/h15,17-18,20-21,23-24,26,28-29,64H,6-14,16,19,22,25,27,30-63H2,1-5H3/p+1/b17-15-,20-18-,23-21-,26-24-,29-28-. The second-order valence-electron chi connectivity index (χ2n) is 22.8. The molecule has 0 aliphatic rings. The molecule has 76 heavy (non-hydrogen) atoms. The van der Waals surface area contributed by atoms with Gasteiger partial charge in [0.2, 0.25) is 0 Å². The smallest absolute Gasteiger partial charge is 0.462 e. The predicted molar refractivity (Wildman–Crippen MR) is 326 cm³/mol. The van der Waals surface area contributed by atoms with E-state index in [1.54, 1.807) is 0 Å². The molecule has 444 valence electrons. The molecule has 0 aromatic carbocycles. The third-order valence-electron chi connectivity index (χ3n) is 14.0. The van der Waals surface area contributed by atoms with Crippen LogP contribution in [0.2, 0.25) is 0 Å². The zero-order valence-corrected chi connectivity index (χ0v) is 51.4. The van der Waals surface area contributed by atoms with Crippen molar-refractivity contribution < 1.29 is 42.1 Å². The van der Waals surface area contributed by atoms with Gasteiger partial charge in [0.15, 0.2) is 6.10 Å². The summed E-state index contributed by atoms with van der Waals surface area (Å²) in [5, 5.41) is 0. The number of carbonyl (C=O) groups excluding carboxylic acids is 2. The van der Waals surface area contributed by atoms with E-state index in [1.807, 2.05) is 21.1 Å². The summed E-state index contributed by atoms with van der Waals surface area (Å²) >= 11 is 0. The first-order valence-electron chi connectivity index (χ1n) is 32.0. The number of carbonyl (C=O) groups is 2. The van der Waals surface area contributed by atoms with Crippen LogP contribution in [-0.4, -0.2) is 74.9 Å². The molecular formula is C66H123NO8P+. The summed E-state index contributed by atoms with van der Waals surface area (Å²) in [6.45, 7) is 4.43. The van der Waals surface area contributed by atoms with Crippen molar-refractivity contribution >= 4 is 19.8 Å². The van der Waals surface area contributed by atoms with E-state index < -0.39 is 26.5 Å². The molecule has 0 saturated heterocycles. The first-order chi connectivity index (χ1) is 37.0. The summed E-state index contributed by atoms with van der Waals surface area (Å²) in [7, 11) is 1.48. The Morgan fingerprint density at radius 2 is 0.711 bits per heavy atom. The molecule has 0 aliphatic carbocycles. The lowest BCUT2D eigenvalue weighted by Gasteiger charge is -2.24. The van der Waals surface area contributed by atoms with Crippen LogP contribution in [0.1, 0.15) is 296 Å². The molecule has 0 bridgehead atoms. The molecule has 0 aliphatic heterocycles. The van der Waals surface area contributed by atoms with E-state index in [1.165, 1.54) is 212 Å². The Bertz CT molecular complexity index is 1470. The molecule has 0 heterocycles. The number of quaternary nitrogens is 1. The van der Waals surface area contributed by atoms with Crippen LogP contribution in [0, 0.1) is 0 Å². The van der Waals surface area contributed by atoms with Crippen LogP contribution in [0.25, 0.3) is 0 Å². The Labute approximate surface area is 470 Å². The molecule has 2 atom stereocenters. The summed E-state index contributed by atoms with van der Waals surface area (Å²) in [5.41, 5.74) is 0. The number of likely N-dealkylation sites (N-methyl/N-ethyl adjacent to an activating group) is 1. The fraction of sp³-hybridized carbons (Fsp3) is 0.818. The zero-order chi connectivity index (χ0) is 55.6. The largest absolute Gasteiger partial charge is 0.472 e. The third kappa shape index (κ3) is 60.9. The van der Waals surface area contributed by atoms with Crippen molar-refractivity contribution in [1.82, 2.24) is 0 Å². The molecule has 0 fully saturated rings. The molecule has 0 spiro atoms. The van der Waals surface area contributed by atoms with E-state index in [9.17, 15) is 19.0 Å². The number of hydrogen-bond acceptors (Lipinski definition) is 7. The number of phosphoric acid groups is 1. The molecule has 2 unspecified atom stereocenters. The summed E-state index contributed by atoms with van der Waals surface area (Å²) in [6.07, 6.45) is 74.5. The summed E-state index contributed by atoms with van der Waals surface area (Å²) < 4.78 is 34.6. The van der Waals surface area contributed by atoms with Crippen LogP contribution in [0.15, 0.2) is 60.8 Å². The molecule has 10 heteroatoms. The number of rotatable bonds is 59. The Balaban J connectivity index is 4.04. The molecular weight excluding hydrogens is 966 g/mol. The quantitative estimate of drug-likeness (QED) is 0.0211. The number of nitrogens with zero attached hydrogens (tertiary/aromatic N) is 1. The van der Waals surface area contributed by atoms with Crippen molar-refractivity contribution in [1.29, 1.82) is 0 Å². The van der Waals surface area contributed by atoms with Crippen LogP contribution in [-0.2, 0) is 32.7 Å². The highest BCUT2D eigenvalue weighted by Gasteiger charge is 2.27. The fourth-order valence-corrected chi connectivity index (χ4v) is 9.80. The monoisotopic (exact) mass is 1090 g/mol. The third-order valence-corrected chi connectivity index (χ3v) is 15.0. The van der Waals surface area contributed by atoms with Gasteiger partial charge in [-0.05, 0) is 83.5 Å². The topological polar surface area (TPSA) is 108 Å². The minimum absolute atomic E-state index is 0.0309. The second-order valence-corrected chi connectivity index (χ2v) is 24.2. The normalized spacial score (nSPS) is 13.6. The van der Waals surface area contributed by atoms with Gasteiger partial charge in [0.05, 0.1) is 27.7 Å². The van der Waals surface area contributed by atoms with E-state index >= 15 is 0 Å². The molecule has 0 amide bonds. The Morgan fingerprint density at radius 3 is 1.08 bits per heavy atom. The number of phosphoric ester groups is 1. The average Bonchev–Trinajstić information content (AvgIpc) is 3.38. The van der Waals surface area contributed by atoms with Crippen LogP contribution < -0.4 is 0 Å². The maximum absolute atomic E-state index is 12.8. The number of esters is 2. The first kappa shape index (κ1) is 73.7. The first-order valence-corrected chi connectivity index (χ1v) is 33.5. The van der Waals surface area contributed by atoms with Gasteiger partial charge in [-0.2, -0.15) is 0 Å². The van der Waals surface area contributed by atoms with Crippen molar-refractivity contribution in [3.63, 3.8) is 0 Å². The van der Waals surface area contributed by atoms with E-state index in [0.29, 0.717) is 17.4 Å². The van der Waals surface area contributed by atoms with Crippen molar-refractivity contribution in [3.05, 3.63) is 60.8 Å². The number of allylic oxidation sites excluding steroid dienone is 10. The lowest BCUT2D eigenvalue weighted by molar-refractivity contribution is -0.870. The number of ether oxygens (including phenoxy) is 2. The average molecular weight is 1090 g/mol. The summed E-state index contributed by atoms with van der Waals surface area (Å²) in [6, 6.07) is 0. The minimum Gasteiger partial charge on any atom is -0.462 e. The van der Waals surface area contributed by atoms with Gasteiger partial charge in [-0.3, -0.25) is 18.6 Å². The molecule has 0 rings (SSSR count). The highest BCUT2D eigenvalue weighted by Crippen LogP contribution is 2.43. The van der Waals surface area contributed by atoms with Gasteiger partial charge in [0.25, 0.3) is 0 Å². The molecule has 0 aromatic heterocycles. The molecule has 0 aromatic rings. The lowest BCUT2D eigenvalue weighted by atomic mass is 10.0. The van der Waals surface area contributed by atoms with Gasteiger partial charge >= 0.3 is 19.8 Å². The van der Waals surface area contributed by atoms with E-state index in [4.69, 9.17) is 18.5 Å². The van der Waals surface area contributed by atoms with Crippen molar-refractivity contribution in [3.8, 4) is 0 Å². The van der Waals surface area contributed by atoms with Crippen LogP contribution in [0.5, 0.6) is 0 Å². The highest BCUT2D eigenvalue weighted by molar-refractivity contribution is 7.47. The highest BCUT2D eigenvalue weighted by atomic mass is 31.2. The van der Waals surface area contributed by atoms with Crippen LogP contribution in [0.3, 0.4) is 0 Å². The van der Waals surface area contributed by atoms with E-state index in [0.717, 1.165) is 51.4 Å². The Hall–Kier alpha value is -2.29. The van der Waals surface area contributed by atoms with Crippen LogP contribution in [0.4, 0.5) is 0 Å². The maximum Gasteiger partial charge on any atom is 0.472 e. The molecule has 0 radical (unpaired) electrons. The summed E-state index contributed by atoms with van der Waals surface area (Å²) in [5.74, 6) is -0.792. The predicted octanol–water partition coefficient (Wildman–Crippen LogP) is 20.3. The molecule has 1 N–H and O–H groups in total. The van der Waals surface area contributed by atoms with Gasteiger partial charge < -0.3 is 18.9 Å². The van der Waals surface area contributed by atoms with Crippen LogP contribution >= 0.6 is 7.82 Å². The van der Waals surface area contributed by atoms with Gasteiger partial charge in [-0.25, -0.2) is 4.57 Å². The Morgan fingerprint density at radius 1 is 0.408 bits per heavy atom. The Kier molecular flexibility index (Phi) is 55.7. The number of unbranched alkanes of at least 4 members (excludes halogenated alkanes) is 35. The lowest BCUT2D eigenvalue weighted by Crippen LogP contribution is -2.37. The fourth-order valence-electron chi connectivity index (χ4n) is 9.05. The molecule has 0 saturated carbocycles. The van der Waals surface area contributed by atoms with Gasteiger partial charge in [0, 0.05) is 12.8 Å². The van der Waals surface area contributed by atoms with Crippen molar-refractivity contribution in [2.45, 2.75) is 302 Å².